The molecule has 1 aliphatic heterocycles. The van der Waals surface area contributed by atoms with Crippen molar-refractivity contribution in [2.75, 3.05) is 44.6 Å². The Morgan fingerprint density at radius 1 is 0.941 bits per heavy atom. The second-order valence-corrected chi connectivity index (χ2v) is 12.3. The van der Waals surface area contributed by atoms with Crippen LogP contribution in [0.15, 0.2) is 91.5 Å². The summed E-state index contributed by atoms with van der Waals surface area (Å²) in [4.78, 5) is 48.1. The lowest BCUT2D eigenvalue weighted by molar-refractivity contribution is 0.0944. The number of alkyl carbamates (subject to hydrolysis) is 1. The number of anilines is 1. The fourth-order valence-electron chi connectivity index (χ4n) is 5.72. The zero-order chi connectivity index (χ0) is 35.7. The summed E-state index contributed by atoms with van der Waals surface area (Å²) in [5, 5.41) is 11.8. The maximum Gasteiger partial charge on any atom is 0.407 e. The van der Waals surface area contributed by atoms with E-state index in [1.165, 1.54) is 0 Å². The molecule has 1 fully saturated rings. The van der Waals surface area contributed by atoms with Gasteiger partial charge in [-0.1, -0.05) is 37.3 Å². The van der Waals surface area contributed by atoms with Crippen LogP contribution in [0.3, 0.4) is 0 Å². The number of piperidine rings is 1. The minimum atomic E-state index is -0.357. The highest BCUT2D eigenvalue weighted by Gasteiger charge is 2.22. The number of carbonyl (C=O) groups is 3. The first-order valence-corrected chi connectivity index (χ1v) is 17.5. The van der Waals surface area contributed by atoms with Crippen molar-refractivity contribution in [2.45, 2.75) is 45.1 Å². The van der Waals surface area contributed by atoms with E-state index < -0.39 is 0 Å². The average molecular weight is 688 g/mol. The van der Waals surface area contributed by atoms with Gasteiger partial charge in [-0.2, -0.15) is 0 Å². The summed E-state index contributed by atoms with van der Waals surface area (Å²) in [6, 6.07) is 20.2. The first-order chi connectivity index (χ1) is 25.0. The molecule has 4 aromatic rings. The zero-order valence-corrected chi connectivity index (χ0v) is 29.0. The highest BCUT2D eigenvalue weighted by atomic mass is 16.5. The van der Waals surface area contributed by atoms with E-state index in [-0.39, 0.29) is 24.1 Å². The number of rotatable bonds is 13. The topological polar surface area (TPSA) is 138 Å². The largest absolute Gasteiger partial charge is 0.450 e. The van der Waals surface area contributed by atoms with Crippen LogP contribution in [0, 0.1) is 11.8 Å². The van der Waals surface area contributed by atoms with Crippen molar-refractivity contribution in [3.8, 4) is 23.0 Å². The lowest BCUT2D eigenvalue weighted by atomic mass is 9.99. The van der Waals surface area contributed by atoms with Gasteiger partial charge < -0.3 is 26.0 Å². The van der Waals surface area contributed by atoms with Gasteiger partial charge in [0.15, 0.2) is 0 Å². The number of hydrogen-bond acceptors (Lipinski definition) is 7. The van der Waals surface area contributed by atoms with Crippen LogP contribution in [0.4, 0.5) is 15.3 Å². The van der Waals surface area contributed by atoms with E-state index >= 15 is 0 Å². The first-order valence-electron chi connectivity index (χ1n) is 17.5. The molecule has 0 bridgehead atoms. The normalized spacial score (nSPS) is 14.0. The maximum absolute atomic E-state index is 12.9. The molecule has 11 heteroatoms. The van der Waals surface area contributed by atoms with Gasteiger partial charge in [0.1, 0.15) is 0 Å². The quantitative estimate of drug-likeness (QED) is 0.106. The van der Waals surface area contributed by atoms with Crippen molar-refractivity contribution in [3.63, 3.8) is 0 Å². The average Bonchev–Trinajstić information content (AvgIpc) is 3.15. The molecular weight excluding hydrogens is 642 g/mol. The number of hydrogen-bond donors (Lipinski definition) is 4. The number of benzene rings is 2. The predicted octanol–water partition coefficient (Wildman–Crippen LogP) is 5.63. The van der Waals surface area contributed by atoms with Gasteiger partial charge in [0.25, 0.3) is 5.91 Å². The lowest BCUT2D eigenvalue weighted by Crippen LogP contribution is -2.49. The van der Waals surface area contributed by atoms with Crippen molar-refractivity contribution >= 4 is 23.7 Å². The maximum atomic E-state index is 12.9. The molecule has 2 aromatic carbocycles. The molecule has 3 heterocycles. The number of urea groups is 1. The fraction of sp³-hybridized carbons (Fsp3) is 0.325. The third-order valence-corrected chi connectivity index (χ3v) is 8.45. The van der Waals surface area contributed by atoms with Crippen LogP contribution in [0.5, 0.6) is 0 Å². The third kappa shape index (κ3) is 12.0. The van der Waals surface area contributed by atoms with Crippen molar-refractivity contribution in [1.82, 2.24) is 30.8 Å². The third-order valence-electron chi connectivity index (χ3n) is 8.45. The van der Waals surface area contributed by atoms with E-state index in [1.54, 1.807) is 36.9 Å². The second-order valence-electron chi connectivity index (χ2n) is 12.3. The zero-order valence-electron chi connectivity index (χ0n) is 29.0. The van der Waals surface area contributed by atoms with Crippen molar-refractivity contribution in [2.24, 2.45) is 0 Å². The number of nitrogens with zero attached hydrogens (tertiary/aromatic N) is 3. The molecule has 0 spiro atoms. The summed E-state index contributed by atoms with van der Waals surface area (Å²) in [7, 11) is 0. The number of likely N-dealkylation sites (tertiary alicyclic amines) is 1. The number of amides is 4. The second kappa shape index (κ2) is 19.5. The van der Waals surface area contributed by atoms with Gasteiger partial charge in [0.05, 0.1) is 6.61 Å². The van der Waals surface area contributed by atoms with Gasteiger partial charge in [-0.15, -0.1) is 0 Å². The van der Waals surface area contributed by atoms with Gasteiger partial charge in [0, 0.05) is 79.4 Å². The van der Waals surface area contributed by atoms with Crippen LogP contribution >= 0.6 is 0 Å². The lowest BCUT2D eigenvalue weighted by Gasteiger charge is -2.32. The van der Waals surface area contributed by atoms with Crippen LogP contribution < -0.4 is 21.3 Å². The van der Waals surface area contributed by atoms with Gasteiger partial charge in [0.2, 0.25) is 0 Å². The standard InChI is InChI=1S/C40H45N7O4/c1-2-3-26-51-40(50)46-36-7-5-24-47(29-36)25-23-43-38(48)33-11-8-30(9-12-33)10-13-34-27-35(14-15-37(34)32-17-20-41-21-18-32)45-39(49)44-22-16-31-6-4-19-42-28-31/h4,6,8-9,11-12,14-15,17-21,27-28,36H,2-3,5,7,16,22-26,29H2,1H3,(H,43,48)(H,46,50)(H2,44,45,49). The van der Waals surface area contributed by atoms with E-state index in [0.29, 0.717) is 43.9 Å². The van der Waals surface area contributed by atoms with Crippen molar-refractivity contribution in [3.05, 3.63) is 114 Å². The molecule has 4 N–H and O–H groups in total. The molecule has 51 heavy (non-hydrogen) atoms. The highest BCUT2D eigenvalue weighted by molar-refractivity contribution is 5.94. The minimum Gasteiger partial charge on any atom is -0.450 e. The van der Waals surface area contributed by atoms with Gasteiger partial charge >= 0.3 is 12.1 Å². The summed E-state index contributed by atoms with van der Waals surface area (Å²) in [5.41, 5.74) is 5.56. The monoisotopic (exact) mass is 687 g/mol. The predicted molar refractivity (Wildman–Crippen MR) is 198 cm³/mol. The molecule has 0 radical (unpaired) electrons. The van der Waals surface area contributed by atoms with Crippen molar-refractivity contribution < 1.29 is 19.1 Å². The molecule has 2 aromatic heterocycles. The Kier molecular flexibility index (Phi) is 13.9. The molecule has 1 saturated heterocycles. The smallest absolute Gasteiger partial charge is 0.407 e. The van der Waals surface area contributed by atoms with Gasteiger partial charge in [-0.05, 0) is 104 Å². The van der Waals surface area contributed by atoms with E-state index in [1.807, 2.05) is 54.6 Å². The Hall–Kier alpha value is -5.73. The van der Waals surface area contributed by atoms with Crippen LogP contribution in [0.2, 0.25) is 0 Å². The fourth-order valence-corrected chi connectivity index (χ4v) is 5.72. The van der Waals surface area contributed by atoms with E-state index in [4.69, 9.17) is 4.74 Å². The molecule has 11 nitrogen and oxygen atoms in total. The van der Waals surface area contributed by atoms with Crippen LogP contribution in [-0.4, -0.2) is 78.3 Å². The van der Waals surface area contributed by atoms with E-state index in [0.717, 1.165) is 66.6 Å². The number of unbranched alkanes of at least 4 members (excludes halogenated alkanes) is 1. The van der Waals surface area contributed by atoms with E-state index in [9.17, 15) is 14.4 Å². The number of pyridine rings is 2. The molecule has 4 amide bonds. The molecule has 1 aliphatic rings. The Labute approximate surface area is 299 Å². The Bertz CT molecular complexity index is 1790. The molecule has 0 saturated carbocycles. The molecular formula is C40H45N7O4. The molecule has 5 rings (SSSR count). The number of ether oxygens (including phenoxy) is 1. The van der Waals surface area contributed by atoms with Crippen LogP contribution in [0.25, 0.3) is 11.1 Å². The SMILES string of the molecule is CCCCOC(=O)NC1CCCN(CCNC(=O)c2ccc(C#Cc3cc(NC(=O)NCCc4cccnc4)ccc3-c3ccncc3)cc2)C1. The number of aromatic nitrogens is 2. The number of nitrogens with one attached hydrogen (secondary N) is 4. The molecule has 1 atom stereocenters. The summed E-state index contributed by atoms with van der Waals surface area (Å²) in [6.07, 6.45) is 11.0. The molecule has 1 unspecified atom stereocenters. The van der Waals surface area contributed by atoms with Gasteiger partial charge in [-0.25, -0.2) is 9.59 Å². The minimum absolute atomic E-state index is 0.0459. The number of carbonyl (C=O) groups excluding carboxylic acids is 3. The summed E-state index contributed by atoms with van der Waals surface area (Å²) < 4.78 is 5.24. The Morgan fingerprint density at radius 2 is 1.78 bits per heavy atom. The van der Waals surface area contributed by atoms with Crippen molar-refractivity contribution in [1.29, 1.82) is 0 Å². The van der Waals surface area contributed by atoms with E-state index in [2.05, 4.69) is 54.9 Å². The van der Waals surface area contributed by atoms with Gasteiger partial charge in [-0.3, -0.25) is 19.7 Å². The highest BCUT2D eigenvalue weighted by Crippen LogP contribution is 2.26. The molecule has 0 aliphatic carbocycles. The molecule has 264 valence electrons. The Balaban J connectivity index is 1.14. The Morgan fingerprint density at radius 3 is 2.57 bits per heavy atom. The summed E-state index contributed by atoms with van der Waals surface area (Å²) in [6.45, 7) is 5.82. The first kappa shape index (κ1) is 36.5. The van der Waals surface area contributed by atoms with Crippen LogP contribution in [-0.2, 0) is 11.2 Å². The summed E-state index contributed by atoms with van der Waals surface area (Å²) in [5.74, 6) is 6.32. The van der Waals surface area contributed by atoms with Crippen LogP contribution in [0.1, 0.15) is 59.7 Å². The summed E-state index contributed by atoms with van der Waals surface area (Å²) >= 11 is 0.